The summed E-state index contributed by atoms with van der Waals surface area (Å²) < 4.78 is 5.32. The predicted molar refractivity (Wildman–Crippen MR) is 51.8 cm³/mol. The van der Waals surface area contributed by atoms with Gasteiger partial charge in [0.25, 0.3) is 0 Å². The third-order valence-electron chi connectivity index (χ3n) is 1.49. The van der Waals surface area contributed by atoms with Crippen LogP contribution in [-0.4, -0.2) is 16.6 Å². The van der Waals surface area contributed by atoms with Gasteiger partial charge < -0.3 is 4.74 Å². The van der Waals surface area contributed by atoms with Gasteiger partial charge in [0.15, 0.2) is 0 Å². The molecule has 1 aromatic rings. The highest BCUT2D eigenvalue weighted by atomic mass is 16.5. The van der Waals surface area contributed by atoms with Crippen molar-refractivity contribution in [2.24, 2.45) is 5.92 Å². The molecule has 1 heterocycles. The van der Waals surface area contributed by atoms with E-state index in [1.807, 2.05) is 26.8 Å². The van der Waals surface area contributed by atoms with E-state index in [9.17, 15) is 0 Å². The van der Waals surface area contributed by atoms with Gasteiger partial charge in [-0.05, 0) is 18.9 Å². The summed E-state index contributed by atoms with van der Waals surface area (Å²) in [5.41, 5.74) is 1.09. The summed E-state index contributed by atoms with van der Waals surface area (Å²) in [6.07, 6.45) is 0. The topological polar surface area (TPSA) is 58.8 Å². The SMILES string of the molecule is Cc1cc(C#N)nc(OCC(C)C)n1. The summed E-state index contributed by atoms with van der Waals surface area (Å²) in [5.74, 6) is 0.421. The fourth-order valence-electron chi connectivity index (χ4n) is 0.904. The molecule has 0 bridgehead atoms. The highest BCUT2D eigenvalue weighted by Gasteiger charge is 2.03. The average Bonchev–Trinajstić information content (AvgIpc) is 2.14. The Balaban J connectivity index is 2.78. The zero-order chi connectivity index (χ0) is 10.6. The van der Waals surface area contributed by atoms with Gasteiger partial charge in [0.05, 0.1) is 6.61 Å². The van der Waals surface area contributed by atoms with Crippen molar-refractivity contribution < 1.29 is 4.74 Å². The van der Waals surface area contributed by atoms with Crippen molar-refractivity contribution >= 4 is 0 Å². The summed E-state index contributed by atoms with van der Waals surface area (Å²) in [6, 6.07) is 3.88. The van der Waals surface area contributed by atoms with E-state index in [1.165, 1.54) is 0 Å². The number of nitrogens with zero attached hydrogens (tertiary/aromatic N) is 3. The Hall–Kier alpha value is -1.63. The molecule has 0 aliphatic rings. The van der Waals surface area contributed by atoms with Crippen molar-refractivity contribution in [3.8, 4) is 12.1 Å². The van der Waals surface area contributed by atoms with E-state index in [4.69, 9.17) is 10.00 Å². The Kier molecular flexibility index (Phi) is 3.41. The molecule has 0 aliphatic heterocycles. The first-order valence-corrected chi connectivity index (χ1v) is 4.50. The number of aryl methyl sites for hydroxylation is 1. The van der Waals surface area contributed by atoms with Crippen LogP contribution in [-0.2, 0) is 0 Å². The molecule has 1 aromatic heterocycles. The van der Waals surface area contributed by atoms with E-state index < -0.39 is 0 Å². The van der Waals surface area contributed by atoms with Gasteiger partial charge in [-0.3, -0.25) is 0 Å². The van der Waals surface area contributed by atoms with Crippen LogP contribution in [0.5, 0.6) is 6.01 Å². The molecule has 0 spiro atoms. The molecule has 0 amide bonds. The number of nitriles is 1. The van der Waals surface area contributed by atoms with Crippen LogP contribution in [0, 0.1) is 24.2 Å². The first-order chi connectivity index (χ1) is 6.61. The van der Waals surface area contributed by atoms with Gasteiger partial charge in [-0.1, -0.05) is 13.8 Å². The van der Waals surface area contributed by atoms with Crippen LogP contribution >= 0.6 is 0 Å². The molecule has 0 atom stereocenters. The highest BCUT2D eigenvalue weighted by molar-refractivity contribution is 5.23. The number of hydrogen-bond acceptors (Lipinski definition) is 4. The lowest BCUT2D eigenvalue weighted by atomic mass is 10.2. The minimum Gasteiger partial charge on any atom is -0.463 e. The standard InChI is InChI=1S/C10H13N3O/c1-7(2)6-14-10-12-8(3)4-9(5-11)13-10/h4,7H,6H2,1-3H3. The molecule has 0 aromatic carbocycles. The molecule has 0 aliphatic carbocycles. The third kappa shape index (κ3) is 3.02. The predicted octanol–water partition coefficient (Wildman–Crippen LogP) is 1.69. The van der Waals surface area contributed by atoms with Gasteiger partial charge >= 0.3 is 6.01 Å². The lowest BCUT2D eigenvalue weighted by Gasteiger charge is -2.06. The molecule has 0 fully saturated rings. The van der Waals surface area contributed by atoms with Crippen molar-refractivity contribution in [2.45, 2.75) is 20.8 Å². The second-order valence-corrected chi connectivity index (χ2v) is 3.49. The lowest BCUT2D eigenvalue weighted by molar-refractivity contribution is 0.250. The first-order valence-electron chi connectivity index (χ1n) is 4.50. The van der Waals surface area contributed by atoms with Gasteiger partial charge in [-0.15, -0.1) is 0 Å². The van der Waals surface area contributed by atoms with E-state index in [0.717, 1.165) is 5.69 Å². The largest absolute Gasteiger partial charge is 0.463 e. The number of aromatic nitrogens is 2. The number of ether oxygens (including phenoxy) is 1. The maximum atomic E-state index is 8.67. The molecular formula is C10H13N3O. The normalized spacial score (nSPS) is 9.93. The van der Waals surface area contributed by atoms with Crippen molar-refractivity contribution in [2.75, 3.05) is 6.61 Å². The Morgan fingerprint density at radius 2 is 2.21 bits per heavy atom. The molecule has 0 N–H and O–H groups in total. The third-order valence-corrected chi connectivity index (χ3v) is 1.49. The molecular weight excluding hydrogens is 178 g/mol. The monoisotopic (exact) mass is 191 g/mol. The minimum atomic E-state index is 0.287. The molecule has 0 saturated carbocycles. The Labute approximate surface area is 83.6 Å². The maximum absolute atomic E-state index is 8.67. The Morgan fingerprint density at radius 1 is 1.50 bits per heavy atom. The second kappa shape index (κ2) is 4.56. The van der Waals surface area contributed by atoms with Gasteiger partial charge in [0, 0.05) is 5.69 Å². The van der Waals surface area contributed by atoms with E-state index in [2.05, 4.69) is 9.97 Å². The van der Waals surface area contributed by atoms with Gasteiger partial charge in [-0.2, -0.15) is 10.2 Å². The van der Waals surface area contributed by atoms with Crippen LogP contribution < -0.4 is 4.74 Å². The molecule has 4 nitrogen and oxygen atoms in total. The molecule has 1 rings (SSSR count). The van der Waals surface area contributed by atoms with Crippen molar-refractivity contribution in [1.82, 2.24) is 9.97 Å². The number of rotatable bonds is 3. The van der Waals surface area contributed by atoms with Crippen LogP contribution in [0.1, 0.15) is 25.2 Å². The van der Waals surface area contributed by atoms with Crippen molar-refractivity contribution in [1.29, 1.82) is 5.26 Å². The maximum Gasteiger partial charge on any atom is 0.317 e. The molecule has 0 unspecified atom stereocenters. The summed E-state index contributed by atoms with van der Waals surface area (Å²) in [6.45, 7) is 6.46. The second-order valence-electron chi connectivity index (χ2n) is 3.49. The zero-order valence-electron chi connectivity index (χ0n) is 8.61. The van der Waals surface area contributed by atoms with Crippen molar-refractivity contribution in [3.63, 3.8) is 0 Å². The smallest absolute Gasteiger partial charge is 0.317 e. The minimum absolute atomic E-state index is 0.287. The van der Waals surface area contributed by atoms with E-state index in [-0.39, 0.29) is 6.01 Å². The quantitative estimate of drug-likeness (QED) is 0.729. The lowest BCUT2D eigenvalue weighted by Crippen LogP contribution is -2.08. The van der Waals surface area contributed by atoms with Crippen molar-refractivity contribution in [3.05, 3.63) is 17.5 Å². The fraction of sp³-hybridized carbons (Fsp3) is 0.500. The molecule has 74 valence electrons. The highest BCUT2D eigenvalue weighted by Crippen LogP contribution is 2.07. The first kappa shape index (κ1) is 10.5. The molecule has 14 heavy (non-hydrogen) atoms. The van der Waals surface area contributed by atoms with Gasteiger partial charge in [-0.25, -0.2) is 4.98 Å². The van der Waals surface area contributed by atoms with Crippen LogP contribution in [0.15, 0.2) is 6.07 Å². The molecule has 0 saturated heterocycles. The van der Waals surface area contributed by atoms with E-state index >= 15 is 0 Å². The van der Waals surface area contributed by atoms with Crippen LogP contribution in [0.4, 0.5) is 0 Å². The summed E-state index contributed by atoms with van der Waals surface area (Å²) in [7, 11) is 0. The Bertz CT molecular complexity index is 355. The van der Waals surface area contributed by atoms with Gasteiger partial charge in [0.1, 0.15) is 11.8 Å². The summed E-state index contributed by atoms with van der Waals surface area (Å²) in [5, 5.41) is 8.67. The average molecular weight is 191 g/mol. The summed E-state index contributed by atoms with van der Waals surface area (Å²) in [4.78, 5) is 8.00. The van der Waals surface area contributed by atoms with Crippen LogP contribution in [0.25, 0.3) is 0 Å². The summed E-state index contributed by atoms with van der Waals surface area (Å²) >= 11 is 0. The van der Waals surface area contributed by atoms with Gasteiger partial charge in [0.2, 0.25) is 0 Å². The van der Waals surface area contributed by atoms with E-state index in [0.29, 0.717) is 18.2 Å². The molecule has 4 heteroatoms. The number of hydrogen-bond donors (Lipinski definition) is 0. The zero-order valence-corrected chi connectivity index (χ0v) is 8.61. The van der Waals surface area contributed by atoms with E-state index in [1.54, 1.807) is 6.07 Å². The fourth-order valence-corrected chi connectivity index (χ4v) is 0.904. The van der Waals surface area contributed by atoms with Crippen LogP contribution in [0.2, 0.25) is 0 Å². The Morgan fingerprint density at radius 3 is 2.79 bits per heavy atom. The molecule has 0 radical (unpaired) electrons. The van der Waals surface area contributed by atoms with Crippen LogP contribution in [0.3, 0.4) is 0 Å².